The number of carboxylic acids is 1. The molecule has 0 fully saturated rings. The monoisotopic (exact) mass is 382 g/mol. The van der Waals surface area contributed by atoms with Gasteiger partial charge in [0.25, 0.3) is 5.91 Å². The predicted octanol–water partition coefficient (Wildman–Crippen LogP) is 2.55. The van der Waals surface area contributed by atoms with Crippen LogP contribution >= 0.6 is 0 Å². The molecule has 1 aliphatic heterocycles. The SMILES string of the molecule is C[C@@H]1Oc2ccccc2N(CCC(=O)N(C)Cc2ccc(C(=O)O)cc2)C1=O. The summed E-state index contributed by atoms with van der Waals surface area (Å²) in [6.07, 6.45) is -0.410. The Morgan fingerprint density at radius 3 is 2.50 bits per heavy atom. The molecule has 1 heterocycles. The molecule has 1 N–H and O–H groups in total. The number of carbonyl (C=O) groups is 3. The van der Waals surface area contributed by atoms with E-state index in [0.717, 1.165) is 5.56 Å². The van der Waals surface area contributed by atoms with Gasteiger partial charge in [0, 0.05) is 26.6 Å². The topological polar surface area (TPSA) is 87.2 Å². The van der Waals surface area contributed by atoms with Crippen LogP contribution in [0.4, 0.5) is 5.69 Å². The van der Waals surface area contributed by atoms with Gasteiger partial charge in [-0.25, -0.2) is 4.79 Å². The number of para-hydroxylation sites is 2. The second-order valence-corrected chi connectivity index (χ2v) is 6.72. The summed E-state index contributed by atoms with van der Waals surface area (Å²) in [5.41, 5.74) is 1.71. The van der Waals surface area contributed by atoms with Gasteiger partial charge in [-0.2, -0.15) is 0 Å². The van der Waals surface area contributed by atoms with E-state index in [2.05, 4.69) is 0 Å². The van der Waals surface area contributed by atoms with Crippen LogP contribution in [0.2, 0.25) is 0 Å². The van der Waals surface area contributed by atoms with Crippen LogP contribution in [0.5, 0.6) is 5.75 Å². The van der Waals surface area contributed by atoms with E-state index in [0.29, 0.717) is 18.0 Å². The number of hydrogen-bond donors (Lipinski definition) is 1. The molecule has 28 heavy (non-hydrogen) atoms. The molecule has 0 saturated carbocycles. The first-order valence-electron chi connectivity index (χ1n) is 9.00. The molecule has 7 nitrogen and oxygen atoms in total. The van der Waals surface area contributed by atoms with Crippen LogP contribution in [0, 0.1) is 0 Å². The Hall–Kier alpha value is -3.35. The molecule has 1 atom stereocenters. The Morgan fingerprint density at radius 2 is 1.82 bits per heavy atom. The molecule has 0 aromatic heterocycles. The number of amides is 2. The molecule has 7 heteroatoms. The minimum Gasteiger partial charge on any atom is -0.479 e. The van der Waals surface area contributed by atoms with Gasteiger partial charge >= 0.3 is 5.97 Å². The lowest BCUT2D eigenvalue weighted by Gasteiger charge is -2.33. The number of rotatable bonds is 6. The highest BCUT2D eigenvalue weighted by atomic mass is 16.5. The maximum absolute atomic E-state index is 12.5. The van der Waals surface area contributed by atoms with Crippen LogP contribution in [0.25, 0.3) is 0 Å². The van der Waals surface area contributed by atoms with Gasteiger partial charge in [0.05, 0.1) is 11.3 Å². The summed E-state index contributed by atoms with van der Waals surface area (Å²) in [4.78, 5) is 39.1. The number of benzene rings is 2. The smallest absolute Gasteiger partial charge is 0.335 e. The number of ether oxygens (including phenoxy) is 1. The van der Waals surface area contributed by atoms with Gasteiger partial charge in [-0.05, 0) is 36.8 Å². The van der Waals surface area contributed by atoms with Crippen molar-refractivity contribution in [1.82, 2.24) is 4.90 Å². The zero-order valence-corrected chi connectivity index (χ0v) is 15.8. The average molecular weight is 382 g/mol. The normalized spacial score (nSPS) is 15.6. The van der Waals surface area contributed by atoms with Crippen molar-refractivity contribution in [2.45, 2.75) is 26.0 Å². The summed E-state index contributed by atoms with van der Waals surface area (Å²) in [5.74, 6) is -0.625. The molecule has 0 spiro atoms. The predicted molar refractivity (Wildman–Crippen MR) is 103 cm³/mol. The highest BCUT2D eigenvalue weighted by molar-refractivity contribution is 6.00. The van der Waals surface area contributed by atoms with Gasteiger partial charge in [-0.15, -0.1) is 0 Å². The molecule has 1 aliphatic rings. The average Bonchev–Trinajstić information content (AvgIpc) is 2.68. The van der Waals surface area contributed by atoms with Crippen LogP contribution in [-0.2, 0) is 16.1 Å². The maximum atomic E-state index is 12.5. The van der Waals surface area contributed by atoms with Crippen molar-refractivity contribution in [3.63, 3.8) is 0 Å². The van der Waals surface area contributed by atoms with E-state index in [4.69, 9.17) is 9.84 Å². The van der Waals surface area contributed by atoms with E-state index in [-0.39, 0.29) is 30.3 Å². The van der Waals surface area contributed by atoms with Gasteiger partial charge < -0.3 is 19.6 Å². The van der Waals surface area contributed by atoms with Crippen LogP contribution < -0.4 is 9.64 Å². The summed E-state index contributed by atoms with van der Waals surface area (Å²) in [6.45, 7) is 2.33. The molecule has 0 bridgehead atoms. The van der Waals surface area contributed by atoms with E-state index >= 15 is 0 Å². The van der Waals surface area contributed by atoms with Crippen molar-refractivity contribution in [2.75, 3.05) is 18.5 Å². The standard InChI is InChI=1S/C21H22N2O5/c1-14-20(25)23(17-5-3-4-6-18(17)28-14)12-11-19(24)22(2)13-15-7-9-16(10-8-15)21(26)27/h3-10,14H,11-13H2,1-2H3,(H,26,27)/t14-/m0/s1. The van der Waals surface area contributed by atoms with Crippen molar-refractivity contribution in [2.24, 2.45) is 0 Å². The summed E-state index contributed by atoms with van der Waals surface area (Å²) in [6, 6.07) is 13.7. The van der Waals surface area contributed by atoms with Crippen molar-refractivity contribution in [3.8, 4) is 5.75 Å². The zero-order chi connectivity index (χ0) is 20.3. The van der Waals surface area contributed by atoms with Crippen molar-refractivity contribution in [1.29, 1.82) is 0 Å². The Morgan fingerprint density at radius 1 is 1.14 bits per heavy atom. The van der Waals surface area contributed by atoms with Crippen molar-refractivity contribution >= 4 is 23.5 Å². The number of carboxylic acid groups (broad SMARTS) is 1. The second-order valence-electron chi connectivity index (χ2n) is 6.72. The lowest BCUT2D eigenvalue weighted by atomic mass is 10.1. The molecular formula is C21H22N2O5. The van der Waals surface area contributed by atoms with E-state index < -0.39 is 12.1 Å². The summed E-state index contributed by atoms with van der Waals surface area (Å²) in [5, 5.41) is 8.94. The molecule has 0 aliphatic carbocycles. The molecule has 0 radical (unpaired) electrons. The van der Waals surface area contributed by atoms with Crippen molar-refractivity contribution < 1.29 is 24.2 Å². The molecule has 2 aromatic rings. The van der Waals surface area contributed by atoms with E-state index in [1.807, 2.05) is 12.1 Å². The molecule has 146 valence electrons. The summed E-state index contributed by atoms with van der Waals surface area (Å²) < 4.78 is 5.61. The fourth-order valence-corrected chi connectivity index (χ4v) is 3.10. The fourth-order valence-electron chi connectivity index (χ4n) is 3.10. The Labute approximate surface area is 163 Å². The minimum atomic E-state index is -0.985. The number of anilines is 1. The quantitative estimate of drug-likeness (QED) is 0.830. The Kier molecular flexibility index (Phi) is 5.63. The van der Waals surface area contributed by atoms with E-state index in [1.165, 1.54) is 12.1 Å². The molecule has 3 rings (SSSR count). The van der Waals surface area contributed by atoms with Crippen LogP contribution in [0.3, 0.4) is 0 Å². The first-order valence-corrected chi connectivity index (χ1v) is 9.00. The number of hydrogen-bond acceptors (Lipinski definition) is 4. The van der Waals surface area contributed by atoms with Gasteiger partial charge in [0.15, 0.2) is 6.10 Å². The first kappa shape index (κ1) is 19.4. The Balaban J connectivity index is 1.61. The maximum Gasteiger partial charge on any atom is 0.335 e. The lowest BCUT2D eigenvalue weighted by molar-refractivity contribution is -0.130. The second kappa shape index (κ2) is 8.12. The minimum absolute atomic E-state index is 0.105. The highest BCUT2D eigenvalue weighted by Gasteiger charge is 2.31. The van der Waals surface area contributed by atoms with Gasteiger partial charge in [0.2, 0.25) is 5.91 Å². The number of nitrogens with zero attached hydrogens (tertiary/aromatic N) is 2. The number of fused-ring (bicyclic) bond motifs is 1. The van der Waals surface area contributed by atoms with E-state index in [9.17, 15) is 14.4 Å². The zero-order valence-electron chi connectivity index (χ0n) is 15.8. The van der Waals surface area contributed by atoms with Crippen molar-refractivity contribution in [3.05, 3.63) is 59.7 Å². The molecule has 0 saturated heterocycles. The van der Waals surface area contributed by atoms with Gasteiger partial charge in [0.1, 0.15) is 5.75 Å². The largest absolute Gasteiger partial charge is 0.479 e. The Bertz CT molecular complexity index is 894. The summed E-state index contributed by atoms with van der Waals surface area (Å²) in [7, 11) is 1.69. The molecular weight excluding hydrogens is 360 g/mol. The third-order valence-corrected chi connectivity index (χ3v) is 4.67. The number of aromatic carboxylic acids is 1. The third kappa shape index (κ3) is 4.14. The molecule has 0 unspecified atom stereocenters. The molecule has 2 amide bonds. The highest BCUT2D eigenvalue weighted by Crippen LogP contribution is 2.33. The first-order chi connectivity index (χ1) is 13.4. The van der Waals surface area contributed by atoms with Gasteiger partial charge in [-0.3, -0.25) is 9.59 Å². The van der Waals surface area contributed by atoms with E-state index in [1.54, 1.807) is 48.0 Å². The molecule has 2 aromatic carbocycles. The van der Waals surface area contributed by atoms with Crippen LogP contribution in [0.1, 0.15) is 29.3 Å². The lowest BCUT2D eigenvalue weighted by Crippen LogP contribution is -2.45. The fraction of sp³-hybridized carbons (Fsp3) is 0.286. The van der Waals surface area contributed by atoms with Gasteiger partial charge in [-0.1, -0.05) is 24.3 Å². The van der Waals surface area contributed by atoms with Crippen LogP contribution in [0.15, 0.2) is 48.5 Å². The summed E-state index contributed by atoms with van der Waals surface area (Å²) >= 11 is 0. The third-order valence-electron chi connectivity index (χ3n) is 4.67. The van der Waals surface area contributed by atoms with Crippen LogP contribution in [-0.4, -0.2) is 47.5 Å². The number of carbonyl (C=O) groups excluding carboxylic acids is 2.